The lowest BCUT2D eigenvalue weighted by molar-refractivity contribution is 0.304. The van der Waals surface area contributed by atoms with Crippen molar-refractivity contribution in [2.75, 3.05) is 0 Å². The molecule has 0 saturated heterocycles. The van der Waals surface area contributed by atoms with Crippen LogP contribution in [-0.4, -0.2) is 15.9 Å². The van der Waals surface area contributed by atoms with Gasteiger partial charge in [-0.15, -0.1) is 0 Å². The molecule has 0 unspecified atom stereocenters. The molecule has 1 heterocycles. The average Bonchev–Trinajstić information content (AvgIpc) is 2.80. The molecule has 9 heteroatoms. The number of halogens is 4. The van der Waals surface area contributed by atoms with E-state index in [0.717, 1.165) is 20.1 Å². The van der Waals surface area contributed by atoms with Gasteiger partial charge in [0.05, 0.1) is 31.6 Å². The van der Waals surface area contributed by atoms with E-state index in [-0.39, 0.29) is 5.56 Å². The lowest BCUT2D eigenvalue weighted by Gasteiger charge is -2.10. The molecule has 0 spiro atoms. The van der Waals surface area contributed by atoms with Crippen LogP contribution in [0, 0.1) is 0 Å². The van der Waals surface area contributed by atoms with Crippen LogP contribution < -0.4 is 10.3 Å². The van der Waals surface area contributed by atoms with Crippen molar-refractivity contribution in [3.63, 3.8) is 0 Å². The Morgan fingerprint density at radius 2 is 1.88 bits per heavy atom. The molecule has 3 aromatic carbocycles. The molecule has 0 bridgehead atoms. The van der Waals surface area contributed by atoms with E-state index in [1.165, 1.54) is 4.68 Å². The second-order valence-corrected chi connectivity index (χ2v) is 9.72. The van der Waals surface area contributed by atoms with Gasteiger partial charge in [-0.2, -0.15) is 9.78 Å². The second-order valence-electron chi connectivity index (χ2n) is 7.13. The van der Waals surface area contributed by atoms with Crippen LogP contribution in [0.15, 0.2) is 73.4 Å². The van der Waals surface area contributed by atoms with Crippen molar-refractivity contribution < 1.29 is 4.74 Å². The van der Waals surface area contributed by atoms with Gasteiger partial charge in [-0.25, -0.2) is 4.98 Å². The number of fused-ring (bicyclic) bond motifs is 1. The van der Waals surface area contributed by atoms with E-state index in [1.54, 1.807) is 24.4 Å². The van der Waals surface area contributed by atoms with Crippen LogP contribution in [0.3, 0.4) is 0 Å². The molecule has 0 aliphatic rings. The zero-order valence-electron chi connectivity index (χ0n) is 17.4. The Morgan fingerprint density at radius 1 is 1.06 bits per heavy atom. The van der Waals surface area contributed by atoms with Crippen LogP contribution in [0.1, 0.15) is 23.9 Å². The molecular weight excluding hydrogens is 593 g/mol. The topological polar surface area (TPSA) is 56.5 Å². The lowest BCUT2D eigenvalue weighted by atomic mass is 10.2. The zero-order chi connectivity index (χ0) is 23.5. The number of hydrogen-bond acceptors (Lipinski definition) is 4. The second kappa shape index (κ2) is 10.4. The molecule has 0 fully saturated rings. The van der Waals surface area contributed by atoms with E-state index in [0.29, 0.717) is 45.5 Å². The number of aromatic nitrogens is 2. The molecule has 1 aromatic heterocycles. The van der Waals surface area contributed by atoms with Gasteiger partial charge in [0.2, 0.25) is 0 Å². The summed E-state index contributed by atoms with van der Waals surface area (Å²) in [5.74, 6) is 1.26. The molecule has 168 valence electrons. The van der Waals surface area contributed by atoms with Gasteiger partial charge in [0.15, 0.2) is 0 Å². The number of benzene rings is 3. The predicted molar refractivity (Wildman–Crippen MR) is 141 cm³/mol. The fourth-order valence-corrected chi connectivity index (χ4v) is 4.36. The Hall–Kier alpha value is -2.19. The highest BCUT2D eigenvalue weighted by Crippen LogP contribution is 2.28. The van der Waals surface area contributed by atoms with Gasteiger partial charge in [0, 0.05) is 10.9 Å². The van der Waals surface area contributed by atoms with E-state index < -0.39 is 0 Å². The number of ether oxygens (including phenoxy) is 1. The minimum atomic E-state index is -0.213. The molecule has 0 saturated carbocycles. The molecule has 0 amide bonds. The maximum atomic E-state index is 13.0. The van der Waals surface area contributed by atoms with Crippen LogP contribution in [0.2, 0.25) is 10.0 Å². The standard InChI is InChI=1S/C24H17Br2Cl2N3O2/c1-2-23-30-21-7-5-16(25)11-17(21)24(32)31(23)29-12-14-4-8-22(18(26)9-14)33-13-15-3-6-19(27)20(28)10-15/h3-12H,2,13H2,1H3. The third-order valence-corrected chi connectivity index (χ3v) is 6.70. The number of rotatable bonds is 6. The summed E-state index contributed by atoms with van der Waals surface area (Å²) >= 11 is 19.0. The molecule has 0 aliphatic heterocycles. The summed E-state index contributed by atoms with van der Waals surface area (Å²) in [6, 6.07) is 16.4. The van der Waals surface area contributed by atoms with Gasteiger partial charge in [0.1, 0.15) is 18.2 Å². The van der Waals surface area contributed by atoms with Gasteiger partial charge in [-0.1, -0.05) is 52.1 Å². The Balaban J connectivity index is 1.57. The maximum absolute atomic E-state index is 13.0. The lowest BCUT2D eigenvalue weighted by Crippen LogP contribution is -2.22. The molecule has 5 nitrogen and oxygen atoms in total. The van der Waals surface area contributed by atoms with E-state index in [4.69, 9.17) is 27.9 Å². The van der Waals surface area contributed by atoms with Crippen molar-refractivity contribution in [3.05, 3.63) is 101 Å². The molecular formula is C24H17Br2Cl2N3O2. The van der Waals surface area contributed by atoms with Crippen molar-refractivity contribution in [2.24, 2.45) is 5.10 Å². The Bertz CT molecular complexity index is 1440. The zero-order valence-corrected chi connectivity index (χ0v) is 22.0. The summed E-state index contributed by atoms with van der Waals surface area (Å²) in [7, 11) is 0. The third-order valence-electron chi connectivity index (χ3n) is 4.85. The quantitative estimate of drug-likeness (QED) is 0.216. The molecule has 4 aromatic rings. The van der Waals surface area contributed by atoms with E-state index in [2.05, 4.69) is 41.9 Å². The first-order valence-electron chi connectivity index (χ1n) is 9.97. The minimum Gasteiger partial charge on any atom is -0.488 e. The Morgan fingerprint density at radius 3 is 2.61 bits per heavy atom. The van der Waals surface area contributed by atoms with Gasteiger partial charge < -0.3 is 4.74 Å². The number of hydrogen-bond donors (Lipinski definition) is 0. The van der Waals surface area contributed by atoms with Gasteiger partial charge >= 0.3 is 0 Å². The maximum Gasteiger partial charge on any atom is 0.282 e. The highest BCUT2D eigenvalue weighted by Gasteiger charge is 2.10. The predicted octanol–water partition coefficient (Wildman–Crippen LogP) is 7.25. The van der Waals surface area contributed by atoms with Crippen molar-refractivity contribution >= 4 is 72.2 Å². The van der Waals surface area contributed by atoms with E-state index >= 15 is 0 Å². The summed E-state index contributed by atoms with van der Waals surface area (Å²) in [6.07, 6.45) is 2.20. The summed E-state index contributed by atoms with van der Waals surface area (Å²) in [5, 5.41) is 5.92. The van der Waals surface area contributed by atoms with E-state index in [1.807, 2.05) is 43.3 Å². The van der Waals surface area contributed by atoms with Gasteiger partial charge in [0.25, 0.3) is 5.56 Å². The van der Waals surface area contributed by atoms with Crippen LogP contribution >= 0.6 is 55.1 Å². The van der Waals surface area contributed by atoms with Crippen molar-refractivity contribution in [1.82, 2.24) is 9.66 Å². The molecule has 0 aliphatic carbocycles. The van der Waals surface area contributed by atoms with Gasteiger partial charge in [-0.05, 0) is 75.6 Å². The summed E-state index contributed by atoms with van der Waals surface area (Å²) in [4.78, 5) is 17.6. The van der Waals surface area contributed by atoms with Crippen LogP contribution in [-0.2, 0) is 13.0 Å². The first-order valence-corrected chi connectivity index (χ1v) is 12.3. The molecule has 33 heavy (non-hydrogen) atoms. The normalized spacial score (nSPS) is 11.4. The largest absolute Gasteiger partial charge is 0.488 e. The smallest absolute Gasteiger partial charge is 0.282 e. The van der Waals surface area contributed by atoms with Crippen LogP contribution in [0.5, 0.6) is 5.75 Å². The fourth-order valence-electron chi connectivity index (χ4n) is 3.17. The molecule has 0 N–H and O–H groups in total. The average molecular weight is 610 g/mol. The highest BCUT2D eigenvalue weighted by atomic mass is 79.9. The van der Waals surface area contributed by atoms with Crippen molar-refractivity contribution in [2.45, 2.75) is 20.0 Å². The molecule has 0 atom stereocenters. The van der Waals surface area contributed by atoms with Crippen molar-refractivity contribution in [3.8, 4) is 5.75 Å². The summed E-state index contributed by atoms with van der Waals surface area (Å²) < 4.78 is 8.81. The SMILES string of the molecule is CCc1nc2ccc(Br)cc2c(=O)n1N=Cc1ccc(OCc2ccc(Cl)c(Cl)c2)c(Br)c1. The first kappa shape index (κ1) is 24.0. The Kier molecular flexibility index (Phi) is 7.54. The number of nitrogens with zero attached hydrogens (tertiary/aromatic N) is 3. The van der Waals surface area contributed by atoms with E-state index in [9.17, 15) is 4.79 Å². The number of aryl methyl sites for hydroxylation is 1. The first-order chi connectivity index (χ1) is 15.9. The van der Waals surface area contributed by atoms with Crippen LogP contribution in [0.4, 0.5) is 0 Å². The fraction of sp³-hybridized carbons (Fsp3) is 0.125. The van der Waals surface area contributed by atoms with Crippen molar-refractivity contribution in [1.29, 1.82) is 0 Å². The molecule has 4 rings (SSSR count). The summed E-state index contributed by atoms with van der Waals surface area (Å²) in [5.41, 5.74) is 2.14. The van der Waals surface area contributed by atoms with Crippen LogP contribution in [0.25, 0.3) is 10.9 Å². The third kappa shape index (κ3) is 5.49. The summed E-state index contributed by atoms with van der Waals surface area (Å²) in [6.45, 7) is 2.28. The highest BCUT2D eigenvalue weighted by molar-refractivity contribution is 9.10. The molecule has 0 radical (unpaired) electrons. The minimum absolute atomic E-state index is 0.213. The Labute approximate surface area is 217 Å². The van der Waals surface area contributed by atoms with Gasteiger partial charge in [-0.3, -0.25) is 4.79 Å². The monoisotopic (exact) mass is 607 g/mol.